The van der Waals surface area contributed by atoms with E-state index in [9.17, 15) is 4.79 Å². The zero-order valence-corrected chi connectivity index (χ0v) is 15.7. The lowest BCUT2D eigenvalue weighted by molar-refractivity contribution is -0.136. The first-order valence-corrected chi connectivity index (χ1v) is 9.76. The summed E-state index contributed by atoms with van der Waals surface area (Å²) < 4.78 is 5.38. The van der Waals surface area contributed by atoms with Crippen molar-refractivity contribution in [3.63, 3.8) is 0 Å². The molecule has 1 aliphatic heterocycles. The number of carbonyl (C=O) groups is 1. The molecular weight excluding hydrogens is 328 g/mol. The highest BCUT2D eigenvalue weighted by Gasteiger charge is 2.33. The first kappa shape index (κ1) is 18.5. The Morgan fingerprint density at radius 2 is 2.15 bits per heavy atom. The van der Waals surface area contributed by atoms with Crippen LogP contribution in [0.4, 0.5) is 0 Å². The number of hydrogen-bond acceptors (Lipinski definition) is 5. The van der Waals surface area contributed by atoms with Crippen molar-refractivity contribution in [1.82, 2.24) is 20.0 Å². The molecule has 0 aliphatic carbocycles. The summed E-state index contributed by atoms with van der Waals surface area (Å²) in [6, 6.07) is 3.92. The van der Waals surface area contributed by atoms with Gasteiger partial charge in [0.25, 0.3) is 5.89 Å². The van der Waals surface area contributed by atoms with E-state index in [1.165, 1.54) is 0 Å². The highest BCUT2D eigenvalue weighted by atomic mass is 16.5. The van der Waals surface area contributed by atoms with Crippen molar-refractivity contribution >= 4 is 5.91 Å². The van der Waals surface area contributed by atoms with E-state index < -0.39 is 0 Å². The number of amides is 1. The van der Waals surface area contributed by atoms with Gasteiger partial charge in [-0.3, -0.25) is 9.78 Å². The summed E-state index contributed by atoms with van der Waals surface area (Å²) in [5.41, 5.74) is 0.816. The summed E-state index contributed by atoms with van der Waals surface area (Å²) in [7, 11) is 0. The molecule has 1 fully saturated rings. The van der Waals surface area contributed by atoms with Crippen LogP contribution in [0.3, 0.4) is 0 Å². The molecule has 1 amide bonds. The molecule has 3 heterocycles. The first-order chi connectivity index (χ1) is 12.7. The molecular formula is C20H28N4O2. The van der Waals surface area contributed by atoms with Crippen molar-refractivity contribution in [2.45, 2.75) is 64.8 Å². The minimum atomic E-state index is 0.154. The molecule has 1 aliphatic rings. The highest BCUT2D eigenvalue weighted by Crippen LogP contribution is 2.26. The van der Waals surface area contributed by atoms with Gasteiger partial charge in [-0.25, -0.2) is 0 Å². The number of carbonyl (C=O) groups excluding carboxylic acids is 1. The maximum absolute atomic E-state index is 13.0. The third-order valence-corrected chi connectivity index (χ3v) is 5.08. The Morgan fingerprint density at radius 3 is 2.85 bits per heavy atom. The molecule has 0 radical (unpaired) electrons. The van der Waals surface area contributed by atoms with E-state index in [2.05, 4.69) is 33.9 Å². The van der Waals surface area contributed by atoms with Gasteiger partial charge in [-0.05, 0) is 37.8 Å². The first-order valence-electron chi connectivity index (χ1n) is 9.76. The third-order valence-electron chi connectivity index (χ3n) is 5.08. The molecule has 3 rings (SSSR count). The molecule has 6 nitrogen and oxygen atoms in total. The fourth-order valence-electron chi connectivity index (χ4n) is 3.81. The maximum atomic E-state index is 13.0. The minimum Gasteiger partial charge on any atom is -0.339 e. The molecule has 1 atom stereocenters. The Labute approximate surface area is 155 Å². The zero-order valence-electron chi connectivity index (χ0n) is 15.7. The van der Waals surface area contributed by atoms with E-state index in [-0.39, 0.29) is 12.0 Å². The lowest BCUT2D eigenvalue weighted by Gasteiger charge is -2.28. The number of pyridine rings is 1. The number of nitrogens with zero attached hydrogens (tertiary/aromatic N) is 4. The topological polar surface area (TPSA) is 72.1 Å². The molecule has 2 aromatic rings. The summed E-state index contributed by atoms with van der Waals surface area (Å²) >= 11 is 0. The van der Waals surface area contributed by atoms with Crippen molar-refractivity contribution < 1.29 is 9.32 Å². The lowest BCUT2D eigenvalue weighted by atomic mass is 9.96. The molecule has 1 saturated heterocycles. The van der Waals surface area contributed by atoms with Crippen LogP contribution < -0.4 is 0 Å². The summed E-state index contributed by atoms with van der Waals surface area (Å²) in [5, 5.41) is 4.12. The molecule has 0 N–H and O–H groups in total. The summed E-state index contributed by atoms with van der Waals surface area (Å²) in [4.78, 5) is 23.7. The van der Waals surface area contributed by atoms with E-state index in [1.807, 2.05) is 12.1 Å². The predicted molar refractivity (Wildman–Crippen MR) is 99.3 cm³/mol. The summed E-state index contributed by atoms with van der Waals surface area (Å²) in [5.74, 6) is 1.61. The fourth-order valence-corrected chi connectivity index (χ4v) is 3.81. The molecule has 1 unspecified atom stereocenters. The van der Waals surface area contributed by atoms with Crippen LogP contribution in [0.5, 0.6) is 0 Å². The SMILES string of the molecule is CCCC(CCC)C(=O)N1CCCC1Cc1noc(-c2cccnc2)n1. The van der Waals surface area contributed by atoms with Gasteiger partial charge >= 0.3 is 0 Å². The molecule has 0 spiro atoms. The molecule has 140 valence electrons. The van der Waals surface area contributed by atoms with Crippen molar-refractivity contribution in [1.29, 1.82) is 0 Å². The van der Waals surface area contributed by atoms with E-state index in [0.717, 1.165) is 50.6 Å². The van der Waals surface area contributed by atoms with Crippen LogP contribution in [0.25, 0.3) is 11.5 Å². The van der Waals surface area contributed by atoms with Crippen molar-refractivity contribution in [2.24, 2.45) is 5.92 Å². The third kappa shape index (κ3) is 4.29. The highest BCUT2D eigenvalue weighted by molar-refractivity contribution is 5.79. The Kier molecular flexibility index (Phi) is 6.36. The normalized spacial score (nSPS) is 17.2. The van der Waals surface area contributed by atoms with Crippen molar-refractivity contribution in [3.05, 3.63) is 30.4 Å². The Morgan fingerprint density at radius 1 is 1.35 bits per heavy atom. The van der Waals surface area contributed by atoms with Crippen LogP contribution in [0, 0.1) is 5.92 Å². The van der Waals surface area contributed by atoms with E-state index >= 15 is 0 Å². The lowest BCUT2D eigenvalue weighted by Crippen LogP contribution is -2.40. The Balaban J connectivity index is 1.67. The van der Waals surface area contributed by atoms with E-state index in [4.69, 9.17) is 4.52 Å². The molecule has 6 heteroatoms. The number of hydrogen-bond donors (Lipinski definition) is 0. The minimum absolute atomic E-state index is 0.154. The molecule has 2 aromatic heterocycles. The van der Waals surface area contributed by atoms with Crippen LogP contribution in [-0.4, -0.2) is 38.5 Å². The quantitative estimate of drug-likeness (QED) is 0.718. The monoisotopic (exact) mass is 356 g/mol. The second kappa shape index (κ2) is 8.92. The van der Waals surface area contributed by atoms with E-state index in [0.29, 0.717) is 24.0 Å². The van der Waals surface area contributed by atoms with Gasteiger partial charge in [0, 0.05) is 37.3 Å². The van der Waals surface area contributed by atoms with Gasteiger partial charge in [0.05, 0.1) is 5.56 Å². The van der Waals surface area contributed by atoms with Gasteiger partial charge in [-0.15, -0.1) is 0 Å². The Hall–Kier alpha value is -2.24. The standard InChI is InChI=1S/C20H28N4O2/c1-3-7-15(8-4-2)20(25)24-12-6-10-17(24)13-18-22-19(26-23-18)16-9-5-11-21-14-16/h5,9,11,14-15,17H,3-4,6-8,10,12-13H2,1-2H3. The van der Waals surface area contributed by atoms with Crippen LogP contribution in [0.2, 0.25) is 0 Å². The van der Waals surface area contributed by atoms with Crippen LogP contribution in [-0.2, 0) is 11.2 Å². The van der Waals surface area contributed by atoms with Crippen LogP contribution in [0.1, 0.15) is 58.2 Å². The largest absolute Gasteiger partial charge is 0.339 e. The summed E-state index contributed by atoms with van der Waals surface area (Å²) in [6.07, 6.45) is 10.2. The van der Waals surface area contributed by atoms with E-state index in [1.54, 1.807) is 12.4 Å². The molecule has 0 aromatic carbocycles. The van der Waals surface area contributed by atoms with Crippen molar-refractivity contribution in [3.8, 4) is 11.5 Å². The van der Waals surface area contributed by atoms with Gasteiger partial charge in [-0.2, -0.15) is 4.98 Å². The smallest absolute Gasteiger partial charge is 0.259 e. The fraction of sp³-hybridized carbons (Fsp3) is 0.600. The average Bonchev–Trinajstić information content (AvgIpc) is 3.32. The Bertz CT molecular complexity index is 695. The number of likely N-dealkylation sites (tertiary alicyclic amines) is 1. The predicted octanol–water partition coefficient (Wildman–Crippen LogP) is 3.88. The maximum Gasteiger partial charge on any atom is 0.259 e. The number of aromatic nitrogens is 3. The van der Waals surface area contributed by atoms with Gasteiger partial charge in [-0.1, -0.05) is 31.8 Å². The van der Waals surface area contributed by atoms with Crippen LogP contribution in [0.15, 0.2) is 29.0 Å². The second-order valence-corrected chi connectivity index (χ2v) is 7.06. The summed E-state index contributed by atoms with van der Waals surface area (Å²) in [6.45, 7) is 5.15. The average molecular weight is 356 g/mol. The molecule has 0 saturated carbocycles. The van der Waals surface area contributed by atoms with Crippen molar-refractivity contribution in [2.75, 3.05) is 6.54 Å². The van der Waals surface area contributed by atoms with Gasteiger partial charge in [0.2, 0.25) is 5.91 Å². The van der Waals surface area contributed by atoms with Gasteiger partial charge < -0.3 is 9.42 Å². The van der Waals surface area contributed by atoms with Gasteiger partial charge in [0.1, 0.15) is 0 Å². The second-order valence-electron chi connectivity index (χ2n) is 7.06. The van der Waals surface area contributed by atoms with Crippen LogP contribution >= 0.6 is 0 Å². The van der Waals surface area contributed by atoms with Gasteiger partial charge in [0.15, 0.2) is 5.82 Å². The molecule has 0 bridgehead atoms. The number of rotatable bonds is 8. The zero-order chi connectivity index (χ0) is 18.4. The molecule has 26 heavy (non-hydrogen) atoms.